The van der Waals surface area contributed by atoms with E-state index in [1.165, 1.54) is 45.7 Å². The number of aromatic nitrogens is 1. The Bertz CT molecular complexity index is 1360. The van der Waals surface area contributed by atoms with Gasteiger partial charge in [-0.2, -0.15) is 8.70 Å². The van der Waals surface area contributed by atoms with E-state index in [0.717, 1.165) is 0 Å². The summed E-state index contributed by atoms with van der Waals surface area (Å²) in [6.07, 6.45) is 1.94. The first-order valence-electron chi connectivity index (χ1n) is 10.6. The number of carbonyl (C=O) groups excluding carboxylic acids is 2. The number of fused-ring (bicyclic) bond motifs is 1. The third-order valence-corrected chi connectivity index (χ3v) is 7.90. The largest absolute Gasteiger partial charge is 0.492 e. The van der Waals surface area contributed by atoms with E-state index in [1.807, 2.05) is 18.2 Å². The van der Waals surface area contributed by atoms with Crippen molar-refractivity contribution < 1.29 is 27.1 Å². The molecule has 0 spiro atoms. The third-order valence-electron chi connectivity index (χ3n) is 5.95. The highest BCUT2D eigenvalue weighted by molar-refractivity contribution is 7.89. The number of Topliss-reactive ketones (excluding diaryl/α,β-unsaturated/α-hetero) is 1. The van der Waals surface area contributed by atoms with E-state index in [2.05, 4.69) is 4.98 Å². The van der Waals surface area contributed by atoms with Gasteiger partial charge in [0.15, 0.2) is 0 Å². The maximum absolute atomic E-state index is 13.2. The van der Waals surface area contributed by atoms with Crippen molar-refractivity contribution in [1.82, 2.24) is 9.29 Å². The normalized spacial score (nSPS) is 18.0. The van der Waals surface area contributed by atoms with Crippen LogP contribution in [0.4, 0.5) is 10.1 Å². The van der Waals surface area contributed by atoms with Gasteiger partial charge in [0.2, 0.25) is 16.0 Å². The number of halogens is 1. The summed E-state index contributed by atoms with van der Waals surface area (Å²) < 4.78 is 46.6. The number of hydrogen-bond acceptors (Lipinski definition) is 6. The fourth-order valence-electron chi connectivity index (χ4n) is 4.02. The lowest BCUT2D eigenvalue weighted by Crippen LogP contribution is -2.53. The van der Waals surface area contributed by atoms with Crippen LogP contribution in [0.5, 0.6) is 5.75 Å². The fraction of sp³-hybridized carbons (Fsp3) is 0.208. The molecule has 0 aliphatic carbocycles. The molecule has 1 fully saturated rings. The molecule has 3 aromatic rings. The summed E-state index contributed by atoms with van der Waals surface area (Å²) in [4.78, 5) is 29.9. The molecule has 34 heavy (non-hydrogen) atoms. The smallest absolute Gasteiger partial charge is 0.299 e. The maximum atomic E-state index is 13.2. The summed E-state index contributed by atoms with van der Waals surface area (Å²) in [5.41, 5.74) is 0.874. The highest BCUT2D eigenvalue weighted by Crippen LogP contribution is 2.35. The van der Waals surface area contributed by atoms with Gasteiger partial charge in [0.05, 0.1) is 28.7 Å². The minimum atomic E-state index is -3.88. The van der Waals surface area contributed by atoms with Crippen molar-refractivity contribution in [3.8, 4) is 5.75 Å². The molecule has 3 heterocycles. The number of amides is 1. The lowest BCUT2D eigenvalue weighted by Gasteiger charge is -2.39. The third kappa shape index (κ3) is 3.95. The second-order valence-electron chi connectivity index (χ2n) is 8.07. The van der Waals surface area contributed by atoms with Gasteiger partial charge in [-0.15, -0.1) is 0 Å². The lowest BCUT2D eigenvalue weighted by molar-refractivity contribution is -0.114. The van der Waals surface area contributed by atoms with Crippen LogP contribution in [0.3, 0.4) is 0 Å². The molecule has 1 amide bonds. The number of para-hydroxylation sites is 1. The van der Waals surface area contributed by atoms with Crippen molar-refractivity contribution >= 4 is 27.4 Å². The molecule has 1 unspecified atom stereocenters. The molecule has 5 rings (SSSR count). The molecule has 1 saturated heterocycles. The molecule has 174 valence electrons. The topological polar surface area (TPSA) is 96.9 Å². The number of sulfonamides is 1. The summed E-state index contributed by atoms with van der Waals surface area (Å²) in [6, 6.07) is 15.6. The Labute approximate surface area is 195 Å². The van der Waals surface area contributed by atoms with Crippen LogP contribution in [-0.4, -0.2) is 48.6 Å². The van der Waals surface area contributed by atoms with Gasteiger partial charge in [0.1, 0.15) is 12.4 Å². The van der Waals surface area contributed by atoms with Crippen molar-refractivity contribution in [2.75, 3.05) is 18.1 Å². The predicted octanol–water partition coefficient (Wildman–Crippen LogP) is 2.79. The van der Waals surface area contributed by atoms with E-state index in [-0.39, 0.29) is 29.7 Å². The Kier molecular flexibility index (Phi) is 5.62. The number of rotatable bonds is 7. The van der Waals surface area contributed by atoms with Crippen molar-refractivity contribution in [2.45, 2.75) is 23.9 Å². The molecule has 0 saturated carbocycles. The molecular weight excluding hydrogens is 461 g/mol. The van der Waals surface area contributed by atoms with E-state index >= 15 is 0 Å². The van der Waals surface area contributed by atoms with Crippen LogP contribution in [-0.2, 0) is 21.4 Å². The lowest BCUT2D eigenvalue weighted by atomic mass is 10.1. The molecule has 1 atom stereocenters. The van der Waals surface area contributed by atoms with Crippen LogP contribution in [0.25, 0.3) is 0 Å². The zero-order chi connectivity index (χ0) is 23.9. The molecule has 2 aliphatic heterocycles. The number of ketones is 1. The first-order valence-corrected chi connectivity index (χ1v) is 12.1. The van der Waals surface area contributed by atoms with Crippen LogP contribution < -0.4 is 9.64 Å². The first-order chi connectivity index (χ1) is 16.3. The zero-order valence-corrected chi connectivity index (χ0v) is 18.7. The average Bonchev–Trinajstić information content (AvgIpc) is 3.04. The van der Waals surface area contributed by atoms with Gasteiger partial charge in [-0.3, -0.25) is 9.59 Å². The molecule has 2 aromatic carbocycles. The summed E-state index contributed by atoms with van der Waals surface area (Å²) in [5, 5.41) is 0. The van der Waals surface area contributed by atoms with Crippen molar-refractivity contribution in [3.63, 3.8) is 0 Å². The van der Waals surface area contributed by atoms with E-state index in [4.69, 9.17) is 4.74 Å². The van der Waals surface area contributed by atoms with Gasteiger partial charge >= 0.3 is 0 Å². The van der Waals surface area contributed by atoms with E-state index in [1.54, 1.807) is 12.1 Å². The standard InChI is InChI=1S/C24H20FN3O5S/c25-22-9-6-16(13-26-22)14-27-21-8-7-19(12-20(21)23(29)24(27)30)34(31,32)28-11-10-17(28)15-33-18-4-2-1-3-5-18/h1-9,12-13,17H,10-11,14-15H2. The summed E-state index contributed by atoms with van der Waals surface area (Å²) in [6.45, 7) is 0.575. The molecule has 0 radical (unpaired) electrons. The minimum absolute atomic E-state index is 0.0158. The number of benzene rings is 2. The number of anilines is 1. The SMILES string of the molecule is O=C1C(=O)N(Cc2ccc(F)nc2)c2ccc(S(=O)(=O)N3CCC3COc3ccccc3)cc21. The molecule has 0 N–H and O–H groups in total. The Morgan fingerprint density at radius 1 is 1.06 bits per heavy atom. The molecule has 2 aliphatic rings. The van der Waals surface area contributed by atoms with Crippen LogP contribution in [0, 0.1) is 5.95 Å². The Hall–Kier alpha value is -3.63. The van der Waals surface area contributed by atoms with Crippen molar-refractivity contribution in [1.29, 1.82) is 0 Å². The molecule has 1 aromatic heterocycles. The number of hydrogen-bond donors (Lipinski definition) is 0. The predicted molar refractivity (Wildman–Crippen MR) is 120 cm³/mol. The monoisotopic (exact) mass is 481 g/mol. The molecule has 0 bridgehead atoms. The zero-order valence-electron chi connectivity index (χ0n) is 17.9. The van der Waals surface area contributed by atoms with Gasteiger partial charge in [-0.05, 0) is 48.4 Å². The maximum Gasteiger partial charge on any atom is 0.299 e. The van der Waals surface area contributed by atoms with Gasteiger partial charge in [0, 0.05) is 12.7 Å². The van der Waals surface area contributed by atoms with Gasteiger partial charge in [-0.1, -0.05) is 24.3 Å². The molecular formula is C24H20FN3O5S. The van der Waals surface area contributed by atoms with Crippen molar-refractivity contribution in [3.05, 3.63) is 83.9 Å². The van der Waals surface area contributed by atoms with Crippen LogP contribution in [0.1, 0.15) is 22.3 Å². The Balaban J connectivity index is 1.35. The van der Waals surface area contributed by atoms with Crippen LogP contribution >= 0.6 is 0 Å². The van der Waals surface area contributed by atoms with E-state index in [9.17, 15) is 22.4 Å². The second kappa shape index (κ2) is 8.62. The average molecular weight is 482 g/mol. The number of ether oxygens (including phenoxy) is 1. The Morgan fingerprint density at radius 3 is 2.53 bits per heavy atom. The molecule has 10 heteroatoms. The number of pyridine rings is 1. The second-order valence-corrected chi connectivity index (χ2v) is 9.96. The number of carbonyl (C=O) groups is 2. The first kappa shape index (κ1) is 22.2. The van der Waals surface area contributed by atoms with Crippen molar-refractivity contribution in [2.24, 2.45) is 0 Å². The Morgan fingerprint density at radius 2 is 1.85 bits per heavy atom. The van der Waals surface area contributed by atoms with E-state index < -0.39 is 27.7 Å². The van der Waals surface area contributed by atoms with Crippen LogP contribution in [0.2, 0.25) is 0 Å². The minimum Gasteiger partial charge on any atom is -0.492 e. The van der Waals surface area contributed by atoms with Gasteiger partial charge in [0.25, 0.3) is 11.7 Å². The highest BCUT2D eigenvalue weighted by atomic mass is 32.2. The van der Waals surface area contributed by atoms with Gasteiger partial charge < -0.3 is 9.64 Å². The fourth-order valence-corrected chi connectivity index (χ4v) is 5.71. The van der Waals surface area contributed by atoms with Crippen LogP contribution in [0.15, 0.2) is 71.8 Å². The van der Waals surface area contributed by atoms with E-state index in [0.29, 0.717) is 30.0 Å². The van der Waals surface area contributed by atoms with Gasteiger partial charge in [-0.25, -0.2) is 13.4 Å². The molecule has 8 nitrogen and oxygen atoms in total. The quantitative estimate of drug-likeness (QED) is 0.380. The number of nitrogens with zero attached hydrogens (tertiary/aromatic N) is 3. The summed E-state index contributed by atoms with van der Waals surface area (Å²) in [5.74, 6) is -1.55. The highest BCUT2D eigenvalue weighted by Gasteiger charge is 2.41. The summed E-state index contributed by atoms with van der Waals surface area (Å²) in [7, 11) is -3.88. The summed E-state index contributed by atoms with van der Waals surface area (Å²) >= 11 is 0.